The lowest BCUT2D eigenvalue weighted by atomic mass is 10.1. The minimum Gasteiger partial charge on any atom is -0.508 e. The van der Waals surface area contributed by atoms with Crippen molar-refractivity contribution in [2.24, 2.45) is 0 Å². The van der Waals surface area contributed by atoms with Crippen LogP contribution in [0.1, 0.15) is 11.1 Å². The first-order valence-corrected chi connectivity index (χ1v) is 12.9. The van der Waals surface area contributed by atoms with Gasteiger partial charge in [0.25, 0.3) is 0 Å². The predicted octanol–water partition coefficient (Wildman–Crippen LogP) is 3.07. The van der Waals surface area contributed by atoms with Crippen molar-refractivity contribution < 1.29 is 23.1 Å². The zero-order chi connectivity index (χ0) is 24.8. The lowest BCUT2D eigenvalue weighted by Gasteiger charge is -2.29. The van der Waals surface area contributed by atoms with Crippen LogP contribution in [0, 0.1) is 6.92 Å². The molecule has 0 unspecified atom stereocenters. The molecule has 8 nitrogen and oxygen atoms in total. The van der Waals surface area contributed by atoms with E-state index in [1.807, 2.05) is 19.1 Å². The molecule has 0 saturated carbocycles. The molecule has 1 fully saturated rings. The Labute approximate surface area is 205 Å². The standard InChI is InChI=1S/C26H29N3O5S/c1-19-2-12-24(13-3-19)35(32,33)28-25(18-20-4-10-23(30)11-5-20)26(31)27-21-6-8-22(9-7-21)29-14-16-34-17-15-29/h2-13,25,28,30H,14-18H2,1H3,(H,27,31)/t25-/m0/s1. The van der Waals surface area contributed by atoms with E-state index in [1.165, 1.54) is 24.3 Å². The molecular formula is C26H29N3O5S. The van der Waals surface area contributed by atoms with E-state index in [9.17, 15) is 18.3 Å². The maximum Gasteiger partial charge on any atom is 0.242 e. The summed E-state index contributed by atoms with van der Waals surface area (Å²) in [4.78, 5) is 15.5. The Morgan fingerprint density at radius 2 is 1.60 bits per heavy atom. The third-order valence-corrected chi connectivity index (χ3v) is 7.32. The van der Waals surface area contributed by atoms with Gasteiger partial charge in [-0.25, -0.2) is 8.42 Å². The van der Waals surface area contributed by atoms with Crippen molar-refractivity contribution in [2.75, 3.05) is 36.5 Å². The molecule has 3 N–H and O–H groups in total. The van der Waals surface area contributed by atoms with Gasteiger partial charge < -0.3 is 20.1 Å². The first kappa shape index (κ1) is 24.7. The number of nitrogens with one attached hydrogen (secondary N) is 2. The van der Waals surface area contributed by atoms with Crippen molar-refractivity contribution in [3.63, 3.8) is 0 Å². The predicted molar refractivity (Wildman–Crippen MR) is 135 cm³/mol. The Hall–Kier alpha value is -3.40. The number of nitrogens with zero attached hydrogens (tertiary/aromatic N) is 1. The van der Waals surface area contributed by atoms with Crippen LogP contribution in [0.5, 0.6) is 5.75 Å². The number of phenolic OH excluding ortho intramolecular Hbond substituents is 1. The lowest BCUT2D eigenvalue weighted by molar-refractivity contribution is -0.117. The van der Waals surface area contributed by atoms with Gasteiger partial charge in [-0.1, -0.05) is 29.8 Å². The molecule has 1 heterocycles. The third kappa shape index (κ3) is 6.60. The number of carbonyl (C=O) groups excluding carboxylic acids is 1. The summed E-state index contributed by atoms with van der Waals surface area (Å²) in [6.45, 7) is 4.84. The molecule has 1 saturated heterocycles. The summed E-state index contributed by atoms with van der Waals surface area (Å²) in [6.07, 6.45) is 0.114. The van der Waals surface area contributed by atoms with Gasteiger partial charge >= 0.3 is 0 Å². The number of hydrogen-bond donors (Lipinski definition) is 3. The zero-order valence-corrected chi connectivity index (χ0v) is 20.3. The maximum absolute atomic E-state index is 13.2. The molecule has 3 aromatic rings. The van der Waals surface area contributed by atoms with Crippen LogP contribution in [-0.2, 0) is 26.0 Å². The number of benzene rings is 3. The van der Waals surface area contributed by atoms with E-state index >= 15 is 0 Å². The molecule has 1 atom stereocenters. The van der Waals surface area contributed by atoms with Crippen LogP contribution in [0.2, 0.25) is 0 Å². The van der Waals surface area contributed by atoms with Gasteiger partial charge in [0.2, 0.25) is 15.9 Å². The highest BCUT2D eigenvalue weighted by molar-refractivity contribution is 7.89. The Bertz CT molecular complexity index is 1240. The topological polar surface area (TPSA) is 108 Å². The molecule has 0 bridgehead atoms. The van der Waals surface area contributed by atoms with E-state index in [-0.39, 0.29) is 17.1 Å². The normalized spacial score (nSPS) is 14.9. The molecule has 0 aliphatic carbocycles. The van der Waals surface area contributed by atoms with Crippen molar-refractivity contribution in [1.82, 2.24) is 4.72 Å². The van der Waals surface area contributed by atoms with E-state index in [0.29, 0.717) is 24.5 Å². The van der Waals surface area contributed by atoms with Crippen molar-refractivity contribution in [2.45, 2.75) is 24.3 Å². The van der Waals surface area contributed by atoms with E-state index in [2.05, 4.69) is 14.9 Å². The lowest BCUT2D eigenvalue weighted by Crippen LogP contribution is -2.45. The van der Waals surface area contributed by atoms with Gasteiger partial charge in [0, 0.05) is 24.5 Å². The molecule has 1 aliphatic rings. The fourth-order valence-corrected chi connectivity index (χ4v) is 5.03. The largest absolute Gasteiger partial charge is 0.508 e. The number of morpholine rings is 1. The number of aromatic hydroxyl groups is 1. The second kappa shape index (κ2) is 10.9. The zero-order valence-electron chi connectivity index (χ0n) is 19.5. The van der Waals surface area contributed by atoms with Crippen molar-refractivity contribution in [3.05, 3.63) is 83.9 Å². The highest BCUT2D eigenvalue weighted by atomic mass is 32.2. The fraction of sp³-hybridized carbons (Fsp3) is 0.269. The number of rotatable bonds is 8. The minimum atomic E-state index is -3.94. The van der Waals surface area contributed by atoms with Crippen LogP contribution >= 0.6 is 0 Å². The summed E-state index contributed by atoms with van der Waals surface area (Å²) in [5, 5.41) is 12.4. The number of phenols is 1. The molecule has 0 radical (unpaired) electrons. The molecule has 4 rings (SSSR count). The SMILES string of the molecule is Cc1ccc(S(=O)(=O)N[C@@H](Cc2ccc(O)cc2)C(=O)Nc2ccc(N3CCOCC3)cc2)cc1. The molecule has 9 heteroatoms. The van der Waals surface area contributed by atoms with E-state index < -0.39 is 22.0 Å². The molecule has 1 amide bonds. The summed E-state index contributed by atoms with van der Waals surface area (Å²) < 4.78 is 34.0. The Morgan fingerprint density at radius 1 is 0.971 bits per heavy atom. The van der Waals surface area contributed by atoms with Gasteiger partial charge in [-0.15, -0.1) is 0 Å². The first-order chi connectivity index (χ1) is 16.8. The van der Waals surface area contributed by atoms with Crippen molar-refractivity contribution >= 4 is 27.3 Å². The number of anilines is 2. The highest BCUT2D eigenvalue weighted by Gasteiger charge is 2.26. The summed E-state index contributed by atoms with van der Waals surface area (Å²) in [5.41, 5.74) is 3.24. The van der Waals surface area contributed by atoms with E-state index in [0.717, 1.165) is 24.3 Å². The minimum absolute atomic E-state index is 0.0847. The fourth-order valence-electron chi connectivity index (χ4n) is 3.83. The van der Waals surface area contributed by atoms with Crippen LogP contribution in [0.15, 0.2) is 77.7 Å². The molecule has 0 spiro atoms. The van der Waals surface area contributed by atoms with E-state index in [4.69, 9.17) is 4.74 Å². The number of sulfonamides is 1. The van der Waals surface area contributed by atoms with Crippen LogP contribution in [0.25, 0.3) is 0 Å². The number of carbonyl (C=O) groups is 1. The second-order valence-corrected chi connectivity index (χ2v) is 10.2. The Kier molecular flexibility index (Phi) is 7.70. The second-order valence-electron chi connectivity index (χ2n) is 8.49. The Balaban J connectivity index is 1.52. The summed E-state index contributed by atoms with van der Waals surface area (Å²) in [7, 11) is -3.94. The van der Waals surface area contributed by atoms with Gasteiger partial charge in [0.15, 0.2) is 0 Å². The number of hydrogen-bond acceptors (Lipinski definition) is 6. The smallest absolute Gasteiger partial charge is 0.242 e. The molecular weight excluding hydrogens is 466 g/mol. The Morgan fingerprint density at radius 3 is 2.23 bits per heavy atom. The monoisotopic (exact) mass is 495 g/mol. The van der Waals surface area contributed by atoms with Gasteiger partial charge in [-0.05, 0) is 67.4 Å². The third-order valence-electron chi connectivity index (χ3n) is 5.83. The van der Waals surface area contributed by atoms with Gasteiger partial charge in [-0.2, -0.15) is 4.72 Å². The average molecular weight is 496 g/mol. The highest BCUT2D eigenvalue weighted by Crippen LogP contribution is 2.20. The average Bonchev–Trinajstić information content (AvgIpc) is 2.86. The van der Waals surface area contributed by atoms with Crippen LogP contribution in [0.3, 0.4) is 0 Å². The molecule has 184 valence electrons. The quantitative estimate of drug-likeness (QED) is 0.443. The molecule has 0 aromatic heterocycles. The van der Waals surface area contributed by atoms with Gasteiger partial charge in [0.05, 0.1) is 18.1 Å². The number of ether oxygens (including phenoxy) is 1. The molecule has 3 aromatic carbocycles. The molecule has 1 aliphatic heterocycles. The van der Waals surface area contributed by atoms with Crippen molar-refractivity contribution in [3.8, 4) is 5.75 Å². The summed E-state index contributed by atoms with van der Waals surface area (Å²) >= 11 is 0. The number of amides is 1. The van der Waals surface area contributed by atoms with Crippen LogP contribution < -0.4 is 14.9 Å². The maximum atomic E-state index is 13.2. The first-order valence-electron chi connectivity index (χ1n) is 11.4. The summed E-state index contributed by atoms with van der Waals surface area (Å²) in [5.74, 6) is -0.386. The van der Waals surface area contributed by atoms with E-state index in [1.54, 1.807) is 36.4 Å². The van der Waals surface area contributed by atoms with Gasteiger partial charge in [-0.3, -0.25) is 4.79 Å². The summed E-state index contributed by atoms with van der Waals surface area (Å²) in [6, 6.07) is 19.1. The van der Waals surface area contributed by atoms with Crippen molar-refractivity contribution in [1.29, 1.82) is 0 Å². The van der Waals surface area contributed by atoms with Gasteiger partial charge in [0.1, 0.15) is 11.8 Å². The molecule has 35 heavy (non-hydrogen) atoms. The van der Waals surface area contributed by atoms with Crippen LogP contribution in [0.4, 0.5) is 11.4 Å². The van der Waals surface area contributed by atoms with Crippen LogP contribution in [-0.4, -0.2) is 51.8 Å². The number of aryl methyl sites for hydroxylation is 1.